The maximum absolute atomic E-state index is 11.5. The van der Waals surface area contributed by atoms with Gasteiger partial charge in [-0.2, -0.15) is 0 Å². The van der Waals surface area contributed by atoms with Gasteiger partial charge in [0.15, 0.2) is 0 Å². The highest BCUT2D eigenvalue weighted by molar-refractivity contribution is 5.51. The third-order valence-corrected chi connectivity index (χ3v) is 6.99. The maximum Gasteiger partial charge on any atom is 0.270 e. The molecule has 0 unspecified atom stereocenters. The van der Waals surface area contributed by atoms with E-state index in [0.717, 1.165) is 68.9 Å². The second-order valence-electron chi connectivity index (χ2n) is 8.65. The van der Waals surface area contributed by atoms with Gasteiger partial charge >= 0.3 is 0 Å². The van der Waals surface area contributed by atoms with Gasteiger partial charge in [-0.3, -0.25) is 15.0 Å². The molecule has 6 nitrogen and oxygen atoms in total. The minimum atomic E-state index is -0.346. The molecule has 0 amide bonds. The van der Waals surface area contributed by atoms with E-state index in [4.69, 9.17) is 9.47 Å². The van der Waals surface area contributed by atoms with Gasteiger partial charge in [-0.15, -0.1) is 0 Å². The zero-order valence-corrected chi connectivity index (χ0v) is 17.5. The number of fused-ring (bicyclic) bond motifs is 2. The summed E-state index contributed by atoms with van der Waals surface area (Å²) in [5, 5.41) is 11.5. The first-order chi connectivity index (χ1) is 15.2. The highest BCUT2D eigenvalue weighted by atomic mass is 16.6. The highest BCUT2D eigenvalue weighted by Crippen LogP contribution is 2.49. The van der Waals surface area contributed by atoms with Gasteiger partial charge in [0.2, 0.25) is 5.72 Å². The molecule has 1 saturated carbocycles. The van der Waals surface area contributed by atoms with Crippen LogP contribution in [0.5, 0.6) is 5.75 Å². The standard InChI is InChI=1S/C25H26N2O4/c28-27(29)20-10-12-24-22(18-20)21(11-9-19-6-2-1-3-7-19)23-8-4-5-13-25(23,31-24)26-14-16-30-17-15-26/h1-3,6-7,10,12,18,21,23H,4-5,8,13-17H2/p+1/t21-,23+,25-/m0/s1. The lowest BCUT2D eigenvalue weighted by Gasteiger charge is -2.52. The molecule has 160 valence electrons. The van der Waals surface area contributed by atoms with Crippen molar-refractivity contribution in [3.8, 4) is 17.6 Å². The molecule has 2 heterocycles. The summed E-state index contributed by atoms with van der Waals surface area (Å²) in [6.07, 6.45) is 4.25. The van der Waals surface area contributed by atoms with Gasteiger partial charge in [0.25, 0.3) is 5.69 Å². The first-order valence-corrected chi connectivity index (χ1v) is 11.1. The Balaban J connectivity index is 1.63. The van der Waals surface area contributed by atoms with Crippen LogP contribution in [0.15, 0.2) is 48.5 Å². The number of nitrogens with zero attached hydrogens (tertiary/aromatic N) is 1. The molecule has 6 heteroatoms. The van der Waals surface area contributed by atoms with Gasteiger partial charge in [0.1, 0.15) is 18.8 Å². The van der Waals surface area contributed by atoms with E-state index in [9.17, 15) is 10.1 Å². The number of morpholine rings is 1. The predicted octanol–water partition coefficient (Wildman–Crippen LogP) is 2.92. The summed E-state index contributed by atoms with van der Waals surface area (Å²) in [5.74, 6) is 7.72. The SMILES string of the molecule is O=[N+]([O-])c1ccc2c(c1)[C@H](C#Cc1ccccc1)[C@H]1CCCC[C@]1([NH+]1CCOCC1)O2. The summed E-state index contributed by atoms with van der Waals surface area (Å²) < 4.78 is 12.4. The minimum Gasteiger partial charge on any atom is -0.440 e. The van der Waals surface area contributed by atoms with Crippen LogP contribution in [-0.4, -0.2) is 37.0 Å². The molecule has 1 saturated heterocycles. The number of rotatable bonds is 2. The molecular formula is C25H27N2O4+. The molecule has 0 spiro atoms. The van der Waals surface area contributed by atoms with Gasteiger partial charge in [-0.1, -0.05) is 36.5 Å². The van der Waals surface area contributed by atoms with Crippen molar-refractivity contribution in [3.63, 3.8) is 0 Å². The fraction of sp³-hybridized carbons (Fsp3) is 0.440. The number of quaternary nitrogens is 1. The largest absolute Gasteiger partial charge is 0.440 e. The topological polar surface area (TPSA) is 66.0 Å². The first kappa shape index (κ1) is 20.0. The fourth-order valence-corrected chi connectivity index (χ4v) is 5.54. The van der Waals surface area contributed by atoms with Crippen LogP contribution in [0.3, 0.4) is 0 Å². The summed E-state index contributed by atoms with van der Waals surface area (Å²) in [6, 6.07) is 14.9. The molecule has 0 aromatic heterocycles. The lowest BCUT2D eigenvalue weighted by Crippen LogP contribution is -3.24. The minimum absolute atomic E-state index is 0.0934. The molecule has 2 aromatic rings. The van der Waals surface area contributed by atoms with Crippen molar-refractivity contribution in [2.75, 3.05) is 26.3 Å². The van der Waals surface area contributed by atoms with Crippen LogP contribution in [0.4, 0.5) is 5.69 Å². The average Bonchev–Trinajstić information content (AvgIpc) is 2.82. The number of nitrogens with one attached hydrogen (secondary N) is 1. The number of nitro groups is 1. The molecule has 2 aliphatic heterocycles. The van der Waals surface area contributed by atoms with E-state index in [-0.39, 0.29) is 28.2 Å². The highest BCUT2D eigenvalue weighted by Gasteiger charge is 2.57. The second kappa shape index (κ2) is 8.33. The summed E-state index contributed by atoms with van der Waals surface area (Å²) in [4.78, 5) is 12.6. The van der Waals surface area contributed by atoms with Crippen LogP contribution in [-0.2, 0) is 4.74 Å². The molecule has 1 N–H and O–H groups in total. The Kier molecular flexibility index (Phi) is 5.39. The van der Waals surface area contributed by atoms with E-state index in [1.165, 1.54) is 4.90 Å². The van der Waals surface area contributed by atoms with Crippen molar-refractivity contribution in [1.29, 1.82) is 0 Å². The van der Waals surface area contributed by atoms with Crippen molar-refractivity contribution in [2.24, 2.45) is 5.92 Å². The van der Waals surface area contributed by atoms with E-state index in [2.05, 4.69) is 11.8 Å². The Hall–Kier alpha value is -2.88. The van der Waals surface area contributed by atoms with Crippen molar-refractivity contribution in [1.82, 2.24) is 0 Å². The van der Waals surface area contributed by atoms with Crippen molar-refractivity contribution in [3.05, 3.63) is 69.8 Å². The van der Waals surface area contributed by atoms with Crippen LogP contribution in [0, 0.1) is 27.9 Å². The molecule has 31 heavy (non-hydrogen) atoms. The van der Waals surface area contributed by atoms with Crippen molar-refractivity contribution < 1.29 is 19.3 Å². The lowest BCUT2D eigenvalue weighted by atomic mass is 9.68. The van der Waals surface area contributed by atoms with Crippen LogP contribution < -0.4 is 9.64 Å². The Bertz CT molecular complexity index is 1020. The van der Waals surface area contributed by atoms with Crippen LogP contribution in [0.2, 0.25) is 0 Å². The van der Waals surface area contributed by atoms with Gasteiger partial charge in [0, 0.05) is 29.7 Å². The van der Waals surface area contributed by atoms with Gasteiger partial charge in [-0.25, -0.2) is 0 Å². The van der Waals surface area contributed by atoms with Gasteiger partial charge < -0.3 is 9.47 Å². The zero-order chi connectivity index (χ0) is 21.3. The molecule has 3 aliphatic rings. The molecule has 0 bridgehead atoms. The van der Waals surface area contributed by atoms with Gasteiger partial charge in [0.05, 0.1) is 30.0 Å². The molecule has 3 atom stereocenters. The fourth-order valence-electron chi connectivity index (χ4n) is 5.54. The summed E-state index contributed by atoms with van der Waals surface area (Å²) in [5.41, 5.74) is 1.56. The Morgan fingerprint density at radius 3 is 2.68 bits per heavy atom. The Labute approximate surface area is 182 Å². The normalized spacial score (nSPS) is 27.7. The maximum atomic E-state index is 11.5. The molecule has 1 aliphatic carbocycles. The number of non-ortho nitro benzene ring substituents is 1. The number of hydrogen-bond acceptors (Lipinski definition) is 4. The average molecular weight is 420 g/mol. The summed E-state index contributed by atoms with van der Waals surface area (Å²) in [6.45, 7) is 3.30. The Morgan fingerprint density at radius 1 is 1.10 bits per heavy atom. The van der Waals surface area contributed by atoms with E-state index in [1.807, 2.05) is 30.3 Å². The molecule has 2 aromatic carbocycles. The summed E-state index contributed by atoms with van der Waals surface area (Å²) >= 11 is 0. The third kappa shape index (κ3) is 3.69. The van der Waals surface area contributed by atoms with Crippen LogP contribution in [0.1, 0.15) is 42.7 Å². The first-order valence-electron chi connectivity index (χ1n) is 11.1. The molecule has 5 rings (SSSR count). The number of nitro benzene ring substituents is 1. The van der Waals surface area contributed by atoms with Crippen molar-refractivity contribution in [2.45, 2.75) is 37.3 Å². The predicted molar refractivity (Wildman–Crippen MR) is 116 cm³/mol. The zero-order valence-electron chi connectivity index (χ0n) is 17.5. The number of benzene rings is 2. The van der Waals surface area contributed by atoms with Gasteiger partial charge in [-0.05, 0) is 31.0 Å². The van der Waals surface area contributed by atoms with Crippen LogP contribution in [0.25, 0.3) is 0 Å². The quantitative estimate of drug-likeness (QED) is 0.462. The number of hydrogen-bond donors (Lipinski definition) is 1. The van der Waals surface area contributed by atoms with E-state index < -0.39 is 0 Å². The summed E-state index contributed by atoms with van der Waals surface area (Å²) in [7, 11) is 0. The molecule has 2 fully saturated rings. The third-order valence-electron chi connectivity index (χ3n) is 6.99. The lowest BCUT2D eigenvalue weighted by molar-refractivity contribution is -0.987. The number of ether oxygens (including phenoxy) is 2. The monoisotopic (exact) mass is 419 g/mol. The van der Waals surface area contributed by atoms with E-state index in [1.54, 1.807) is 18.2 Å². The molecule has 0 radical (unpaired) electrons. The van der Waals surface area contributed by atoms with Crippen molar-refractivity contribution >= 4 is 5.69 Å². The van der Waals surface area contributed by atoms with E-state index in [0.29, 0.717) is 0 Å². The molecular weight excluding hydrogens is 392 g/mol. The van der Waals surface area contributed by atoms with Crippen LogP contribution >= 0.6 is 0 Å². The second-order valence-corrected chi connectivity index (χ2v) is 8.65. The smallest absolute Gasteiger partial charge is 0.270 e. The Morgan fingerprint density at radius 2 is 1.90 bits per heavy atom. The van der Waals surface area contributed by atoms with E-state index >= 15 is 0 Å².